The summed E-state index contributed by atoms with van der Waals surface area (Å²) >= 11 is 0. The molecule has 20 heavy (non-hydrogen) atoms. The van der Waals surface area contributed by atoms with E-state index >= 15 is 0 Å². The van der Waals surface area contributed by atoms with Gasteiger partial charge < -0.3 is 4.74 Å². The van der Waals surface area contributed by atoms with Crippen LogP contribution in [0.15, 0.2) is 12.2 Å². The fraction of sp³-hybridized carbons (Fsp3) is 0.833. The van der Waals surface area contributed by atoms with Crippen molar-refractivity contribution in [1.82, 2.24) is 0 Å². The van der Waals surface area contributed by atoms with Crippen molar-refractivity contribution in [2.45, 2.75) is 97.5 Å². The largest absolute Gasteiger partial charge is 0.463 e. The first-order valence-corrected chi connectivity index (χ1v) is 8.55. The third kappa shape index (κ3) is 13.6. The van der Waals surface area contributed by atoms with Crippen molar-refractivity contribution in [1.29, 1.82) is 0 Å². The minimum Gasteiger partial charge on any atom is -0.463 e. The summed E-state index contributed by atoms with van der Waals surface area (Å²) < 4.78 is 5.24. The summed E-state index contributed by atoms with van der Waals surface area (Å²) in [4.78, 5) is 11.4. The number of ether oxygens (including phenoxy) is 1. The Bertz CT molecular complexity index is 246. The smallest absolute Gasteiger partial charge is 0.306 e. The molecule has 0 aromatic heterocycles. The predicted octanol–water partition coefficient (Wildman–Crippen LogP) is 5.81. The lowest BCUT2D eigenvalue weighted by atomic mass is 10.1. The molecule has 0 spiro atoms. The molecular weight excluding hydrogens is 248 g/mol. The Balaban J connectivity index is 3.24. The van der Waals surface area contributed by atoms with Crippen molar-refractivity contribution in [2.24, 2.45) is 0 Å². The first kappa shape index (κ1) is 19.2. The minimum atomic E-state index is -0.0294. The number of rotatable bonds is 13. The summed E-state index contributed by atoms with van der Waals surface area (Å²) in [5.74, 6) is -0.0294. The molecule has 0 rings (SSSR count). The van der Waals surface area contributed by atoms with Gasteiger partial charge in [0, 0.05) is 6.42 Å². The second-order valence-corrected chi connectivity index (χ2v) is 5.63. The summed E-state index contributed by atoms with van der Waals surface area (Å²) in [6, 6.07) is 0. The lowest BCUT2D eigenvalue weighted by Gasteiger charge is -2.10. The number of hydrogen-bond acceptors (Lipinski definition) is 2. The van der Waals surface area contributed by atoms with Gasteiger partial charge in [0.1, 0.15) is 0 Å². The highest BCUT2D eigenvalue weighted by Gasteiger charge is 2.06. The Morgan fingerprint density at radius 1 is 0.950 bits per heavy atom. The molecule has 0 aliphatic carbocycles. The lowest BCUT2D eigenvalue weighted by Crippen LogP contribution is -2.13. The lowest BCUT2D eigenvalue weighted by molar-refractivity contribution is -0.148. The Morgan fingerprint density at radius 3 is 2.20 bits per heavy atom. The fourth-order valence-corrected chi connectivity index (χ4v) is 1.99. The summed E-state index contributed by atoms with van der Waals surface area (Å²) in [6.07, 6.45) is 17.1. The molecule has 0 bridgehead atoms. The standard InChI is InChI=1S/C18H34O2/c1-4-6-7-8-9-10-11-12-13-14-15-16-18(19)20-17(3)5-2/h8-9,17H,4-7,10-16H2,1-3H3/b9-8-/t17-/m1/s1. The molecule has 0 N–H and O–H groups in total. The highest BCUT2D eigenvalue weighted by Crippen LogP contribution is 2.09. The zero-order chi connectivity index (χ0) is 15.1. The van der Waals surface area contributed by atoms with Crippen LogP contribution < -0.4 is 0 Å². The Hall–Kier alpha value is -0.790. The van der Waals surface area contributed by atoms with Crippen LogP contribution in [0.25, 0.3) is 0 Å². The van der Waals surface area contributed by atoms with E-state index in [2.05, 4.69) is 19.1 Å². The van der Waals surface area contributed by atoms with Crippen LogP contribution in [0.1, 0.15) is 91.4 Å². The van der Waals surface area contributed by atoms with E-state index in [0.29, 0.717) is 6.42 Å². The molecule has 2 heteroatoms. The molecule has 0 heterocycles. The van der Waals surface area contributed by atoms with Gasteiger partial charge in [-0.05, 0) is 39.0 Å². The Kier molecular flexibility index (Phi) is 14.0. The molecule has 0 saturated carbocycles. The number of carbonyl (C=O) groups excluding carboxylic acids is 1. The summed E-state index contributed by atoms with van der Waals surface area (Å²) in [5.41, 5.74) is 0. The summed E-state index contributed by atoms with van der Waals surface area (Å²) in [6.45, 7) is 6.22. The molecule has 0 aromatic carbocycles. The molecule has 0 aliphatic heterocycles. The number of allylic oxidation sites excluding steroid dienone is 2. The van der Waals surface area contributed by atoms with Gasteiger partial charge in [0.25, 0.3) is 0 Å². The van der Waals surface area contributed by atoms with Crippen molar-refractivity contribution in [3.63, 3.8) is 0 Å². The van der Waals surface area contributed by atoms with E-state index in [-0.39, 0.29) is 12.1 Å². The predicted molar refractivity (Wildman–Crippen MR) is 86.8 cm³/mol. The SMILES string of the molecule is CCCC/C=C\CCCCCCCC(=O)O[C@H](C)CC. The van der Waals surface area contributed by atoms with Crippen molar-refractivity contribution in [3.05, 3.63) is 12.2 Å². The van der Waals surface area contributed by atoms with Crippen LogP contribution in [0, 0.1) is 0 Å². The summed E-state index contributed by atoms with van der Waals surface area (Å²) in [5, 5.41) is 0. The molecule has 0 aromatic rings. The van der Waals surface area contributed by atoms with Crippen molar-refractivity contribution >= 4 is 5.97 Å². The Morgan fingerprint density at radius 2 is 1.55 bits per heavy atom. The molecule has 1 atom stereocenters. The van der Waals surface area contributed by atoms with Gasteiger partial charge in [0.15, 0.2) is 0 Å². The normalized spacial score (nSPS) is 12.8. The van der Waals surface area contributed by atoms with E-state index in [1.165, 1.54) is 44.9 Å². The molecule has 2 nitrogen and oxygen atoms in total. The maximum atomic E-state index is 11.4. The molecular formula is C18H34O2. The van der Waals surface area contributed by atoms with E-state index in [0.717, 1.165) is 19.3 Å². The van der Waals surface area contributed by atoms with Crippen molar-refractivity contribution < 1.29 is 9.53 Å². The molecule has 0 fully saturated rings. The van der Waals surface area contributed by atoms with E-state index < -0.39 is 0 Å². The Labute approximate surface area is 126 Å². The van der Waals surface area contributed by atoms with Gasteiger partial charge in [-0.15, -0.1) is 0 Å². The minimum absolute atomic E-state index is 0.0294. The average Bonchev–Trinajstić information content (AvgIpc) is 2.44. The third-order valence-corrected chi connectivity index (χ3v) is 3.55. The van der Waals surface area contributed by atoms with Gasteiger partial charge in [0.05, 0.1) is 6.10 Å². The molecule has 0 saturated heterocycles. The van der Waals surface area contributed by atoms with Crippen LogP contribution in [0.4, 0.5) is 0 Å². The van der Waals surface area contributed by atoms with Crippen molar-refractivity contribution in [3.8, 4) is 0 Å². The molecule has 0 amide bonds. The number of carbonyl (C=O) groups is 1. The first-order chi connectivity index (χ1) is 9.70. The van der Waals surface area contributed by atoms with Gasteiger partial charge in [-0.2, -0.15) is 0 Å². The van der Waals surface area contributed by atoms with Gasteiger partial charge in [0.2, 0.25) is 0 Å². The maximum absolute atomic E-state index is 11.4. The average molecular weight is 282 g/mol. The zero-order valence-electron chi connectivity index (χ0n) is 13.8. The highest BCUT2D eigenvalue weighted by atomic mass is 16.5. The van der Waals surface area contributed by atoms with Crippen LogP contribution in [-0.4, -0.2) is 12.1 Å². The number of esters is 1. The molecule has 0 aliphatic rings. The van der Waals surface area contributed by atoms with Crippen LogP contribution in [-0.2, 0) is 9.53 Å². The van der Waals surface area contributed by atoms with E-state index in [1.807, 2.05) is 13.8 Å². The first-order valence-electron chi connectivity index (χ1n) is 8.55. The molecule has 118 valence electrons. The molecule has 0 radical (unpaired) electrons. The van der Waals surface area contributed by atoms with Crippen molar-refractivity contribution in [2.75, 3.05) is 0 Å². The van der Waals surface area contributed by atoms with Gasteiger partial charge in [-0.3, -0.25) is 4.79 Å². The summed E-state index contributed by atoms with van der Waals surface area (Å²) in [7, 11) is 0. The zero-order valence-corrected chi connectivity index (χ0v) is 13.8. The molecule has 0 unspecified atom stereocenters. The van der Waals surface area contributed by atoms with Gasteiger partial charge >= 0.3 is 5.97 Å². The second kappa shape index (κ2) is 14.6. The fourth-order valence-electron chi connectivity index (χ4n) is 1.99. The quantitative estimate of drug-likeness (QED) is 0.242. The van der Waals surface area contributed by atoms with Crippen LogP contribution in [0.3, 0.4) is 0 Å². The van der Waals surface area contributed by atoms with Crippen LogP contribution in [0.2, 0.25) is 0 Å². The second-order valence-electron chi connectivity index (χ2n) is 5.63. The van der Waals surface area contributed by atoms with E-state index in [1.54, 1.807) is 0 Å². The van der Waals surface area contributed by atoms with Gasteiger partial charge in [-0.25, -0.2) is 0 Å². The maximum Gasteiger partial charge on any atom is 0.306 e. The van der Waals surface area contributed by atoms with E-state index in [4.69, 9.17) is 4.74 Å². The third-order valence-electron chi connectivity index (χ3n) is 3.55. The number of hydrogen-bond donors (Lipinski definition) is 0. The monoisotopic (exact) mass is 282 g/mol. The van der Waals surface area contributed by atoms with Gasteiger partial charge in [-0.1, -0.05) is 58.1 Å². The number of unbranched alkanes of at least 4 members (excludes halogenated alkanes) is 7. The van der Waals surface area contributed by atoms with E-state index in [9.17, 15) is 4.79 Å². The van der Waals surface area contributed by atoms with Crippen LogP contribution >= 0.6 is 0 Å². The topological polar surface area (TPSA) is 26.3 Å². The highest BCUT2D eigenvalue weighted by molar-refractivity contribution is 5.69. The van der Waals surface area contributed by atoms with Crippen LogP contribution in [0.5, 0.6) is 0 Å².